The molecule has 0 saturated carbocycles. The van der Waals surface area contributed by atoms with E-state index in [1.54, 1.807) is 7.11 Å². The first-order chi connectivity index (χ1) is 9.15. The van der Waals surface area contributed by atoms with Crippen LogP contribution >= 0.6 is 27.5 Å². The van der Waals surface area contributed by atoms with Crippen molar-refractivity contribution in [1.29, 1.82) is 0 Å². The van der Waals surface area contributed by atoms with Crippen LogP contribution in [-0.2, 0) is 4.74 Å². The molecule has 0 spiro atoms. The molecule has 0 aromatic heterocycles. The quantitative estimate of drug-likeness (QED) is 0.542. The number of halogens is 3. The fourth-order valence-corrected chi connectivity index (χ4v) is 2.20. The molecule has 3 nitrogen and oxygen atoms in total. The first kappa shape index (κ1) is 16.7. The highest BCUT2D eigenvalue weighted by Crippen LogP contribution is 2.30. The smallest absolute Gasteiger partial charge is 0.145 e. The topological polar surface area (TPSA) is 30.5 Å². The lowest BCUT2D eigenvalue weighted by Crippen LogP contribution is -2.20. The van der Waals surface area contributed by atoms with E-state index in [1.165, 1.54) is 12.1 Å². The SMILES string of the molecule is COCCNCCCCOc1cc(F)c(Cl)cc1Br. The lowest BCUT2D eigenvalue weighted by Gasteiger charge is -2.09. The summed E-state index contributed by atoms with van der Waals surface area (Å²) in [7, 11) is 1.68. The Morgan fingerprint density at radius 3 is 2.79 bits per heavy atom. The van der Waals surface area contributed by atoms with Crippen LogP contribution in [0.4, 0.5) is 4.39 Å². The van der Waals surface area contributed by atoms with Crippen molar-refractivity contribution in [3.63, 3.8) is 0 Å². The Morgan fingerprint density at radius 2 is 2.05 bits per heavy atom. The predicted molar refractivity (Wildman–Crippen MR) is 78.6 cm³/mol. The second-order valence-corrected chi connectivity index (χ2v) is 5.26. The van der Waals surface area contributed by atoms with Gasteiger partial charge in [-0.25, -0.2) is 4.39 Å². The minimum atomic E-state index is -0.471. The van der Waals surface area contributed by atoms with Crippen LogP contribution in [0.15, 0.2) is 16.6 Å². The van der Waals surface area contributed by atoms with E-state index in [0.29, 0.717) is 23.4 Å². The Morgan fingerprint density at radius 1 is 1.26 bits per heavy atom. The number of ether oxygens (including phenoxy) is 2. The van der Waals surface area contributed by atoms with Crippen LogP contribution in [-0.4, -0.2) is 33.4 Å². The normalized spacial score (nSPS) is 10.7. The number of unbranched alkanes of at least 4 members (excludes halogenated alkanes) is 1. The number of hydrogen-bond acceptors (Lipinski definition) is 3. The van der Waals surface area contributed by atoms with Crippen LogP contribution in [0.25, 0.3) is 0 Å². The summed E-state index contributed by atoms with van der Waals surface area (Å²) in [5.74, 6) is 0.00958. The van der Waals surface area contributed by atoms with Gasteiger partial charge in [-0.1, -0.05) is 11.6 Å². The standard InChI is InChI=1S/C13H18BrClFNO2/c1-18-7-5-17-4-2-3-6-19-13-9-12(16)11(15)8-10(13)14/h8-9,17H,2-7H2,1H3. The van der Waals surface area contributed by atoms with Gasteiger partial charge in [-0.15, -0.1) is 0 Å². The van der Waals surface area contributed by atoms with Gasteiger partial charge in [-0.2, -0.15) is 0 Å². The van der Waals surface area contributed by atoms with Crippen LogP contribution < -0.4 is 10.1 Å². The molecule has 0 saturated heterocycles. The first-order valence-corrected chi connectivity index (χ1v) is 7.29. The van der Waals surface area contributed by atoms with Crippen molar-refractivity contribution in [1.82, 2.24) is 5.32 Å². The van der Waals surface area contributed by atoms with Gasteiger partial charge >= 0.3 is 0 Å². The van der Waals surface area contributed by atoms with Crippen LogP contribution in [0.5, 0.6) is 5.75 Å². The van der Waals surface area contributed by atoms with Gasteiger partial charge < -0.3 is 14.8 Å². The molecule has 1 N–H and O–H groups in total. The molecular formula is C13H18BrClFNO2. The minimum absolute atomic E-state index is 0.0848. The maximum Gasteiger partial charge on any atom is 0.145 e. The second kappa shape index (κ2) is 9.53. The van der Waals surface area contributed by atoms with Gasteiger partial charge in [-0.05, 0) is 41.4 Å². The molecule has 0 aliphatic heterocycles. The van der Waals surface area contributed by atoms with Gasteiger partial charge in [0.05, 0.1) is 22.7 Å². The molecule has 0 radical (unpaired) electrons. The monoisotopic (exact) mass is 353 g/mol. The average molecular weight is 355 g/mol. The molecule has 1 aromatic rings. The highest BCUT2D eigenvalue weighted by Gasteiger charge is 2.07. The molecule has 0 bridgehead atoms. The second-order valence-electron chi connectivity index (χ2n) is 4.00. The predicted octanol–water partition coefficient (Wildman–Crippen LogP) is 3.64. The van der Waals surface area contributed by atoms with E-state index in [-0.39, 0.29) is 5.02 Å². The minimum Gasteiger partial charge on any atom is -0.492 e. The zero-order valence-electron chi connectivity index (χ0n) is 10.8. The van der Waals surface area contributed by atoms with E-state index >= 15 is 0 Å². The molecule has 19 heavy (non-hydrogen) atoms. The average Bonchev–Trinajstić information content (AvgIpc) is 2.38. The molecule has 1 aromatic carbocycles. The number of benzene rings is 1. The molecule has 0 heterocycles. The molecule has 0 unspecified atom stereocenters. The number of nitrogens with one attached hydrogen (secondary N) is 1. The van der Waals surface area contributed by atoms with E-state index in [9.17, 15) is 4.39 Å². The van der Waals surface area contributed by atoms with Crippen molar-refractivity contribution in [2.75, 3.05) is 33.4 Å². The highest BCUT2D eigenvalue weighted by molar-refractivity contribution is 9.10. The summed E-state index contributed by atoms with van der Waals surface area (Å²) in [6.45, 7) is 3.04. The fraction of sp³-hybridized carbons (Fsp3) is 0.538. The van der Waals surface area contributed by atoms with Crippen LogP contribution in [0, 0.1) is 5.82 Å². The summed E-state index contributed by atoms with van der Waals surface area (Å²) in [4.78, 5) is 0. The summed E-state index contributed by atoms with van der Waals surface area (Å²) in [6.07, 6.45) is 1.90. The zero-order chi connectivity index (χ0) is 14.1. The van der Waals surface area contributed by atoms with E-state index < -0.39 is 5.82 Å². The lowest BCUT2D eigenvalue weighted by atomic mass is 10.3. The Bertz CT molecular complexity index is 393. The van der Waals surface area contributed by atoms with Crippen LogP contribution in [0.2, 0.25) is 5.02 Å². The molecule has 0 fully saturated rings. The van der Waals surface area contributed by atoms with Gasteiger partial charge in [0, 0.05) is 19.7 Å². The van der Waals surface area contributed by atoms with Crippen molar-refractivity contribution >= 4 is 27.5 Å². The molecule has 1 rings (SSSR count). The summed E-state index contributed by atoms with van der Waals surface area (Å²) in [5, 5.41) is 3.33. The van der Waals surface area contributed by atoms with E-state index in [1.807, 2.05) is 0 Å². The number of rotatable bonds is 9. The molecule has 0 aliphatic rings. The number of methoxy groups -OCH3 is 1. The van der Waals surface area contributed by atoms with Crippen molar-refractivity contribution < 1.29 is 13.9 Å². The maximum absolute atomic E-state index is 13.3. The Kier molecular flexibility index (Phi) is 8.37. The first-order valence-electron chi connectivity index (χ1n) is 6.12. The summed E-state index contributed by atoms with van der Waals surface area (Å²) >= 11 is 8.94. The molecule has 0 aliphatic carbocycles. The molecule has 0 amide bonds. The third-order valence-electron chi connectivity index (χ3n) is 2.46. The van der Waals surface area contributed by atoms with Gasteiger partial charge in [0.2, 0.25) is 0 Å². The lowest BCUT2D eigenvalue weighted by molar-refractivity contribution is 0.199. The van der Waals surface area contributed by atoms with Crippen molar-refractivity contribution in [2.24, 2.45) is 0 Å². The zero-order valence-corrected chi connectivity index (χ0v) is 13.2. The molecule has 6 heteroatoms. The van der Waals surface area contributed by atoms with Gasteiger partial charge in [0.25, 0.3) is 0 Å². The third kappa shape index (κ3) is 6.56. The maximum atomic E-state index is 13.3. The summed E-state index contributed by atoms with van der Waals surface area (Å²) in [6, 6.07) is 2.79. The third-order valence-corrected chi connectivity index (χ3v) is 3.37. The summed E-state index contributed by atoms with van der Waals surface area (Å²) in [5.41, 5.74) is 0. The molecular weight excluding hydrogens is 337 g/mol. The largest absolute Gasteiger partial charge is 0.492 e. The van der Waals surface area contributed by atoms with E-state index in [4.69, 9.17) is 21.1 Å². The Hall–Kier alpha value is -0.360. The molecule has 108 valence electrons. The van der Waals surface area contributed by atoms with Crippen molar-refractivity contribution in [3.8, 4) is 5.75 Å². The van der Waals surface area contributed by atoms with Gasteiger partial charge in [-0.3, -0.25) is 0 Å². The van der Waals surface area contributed by atoms with E-state index in [2.05, 4.69) is 21.2 Å². The Labute approximate surface area is 126 Å². The Balaban J connectivity index is 2.17. The van der Waals surface area contributed by atoms with Crippen LogP contribution in [0.3, 0.4) is 0 Å². The molecule has 0 atom stereocenters. The highest BCUT2D eigenvalue weighted by atomic mass is 79.9. The van der Waals surface area contributed by atoms with Crippen molar-refractivity contribution in [2.45, 2.75) is 12.8 Å². The van der Waals surface area contributed by atoms with Gasteiger partial charge in [0.1, 0.15) is 11.6 Å². The number of hydrogen-bond donors (Lipinski definition) is 1. The fourth-order valence-electron chi connectivity index (χ4n) is 1.45. The van der Waals surface area contributed by atoms with E-state index in [0.717, 1.165) is 25.9 Å². The van der Waals surface area contributed by atoms with Gasteiger partial charge in [0.15, 0.2) is 0 Å². The summed E-state index contributed by atoms with van der Waals surface area (Å²) < 4.78 is 24.3. The van der Waals surface area contributed by atoms with Crippen LogP contribution in [0.1, 0.15) is 12.8 Å². The van der Waals surface area contributed by atoms with Crippen molar-refractivity contribution in [3.05, 3.63) is 27.4 Å².